The highest BCUT2D eigenvalue weighted by molar-refractivity contribution is 7.14. The van der Waals surface area contributed by atoms with Gasteiger partial charge in [-0.1, -0.05) is 35.3 Å². The van der Waals surface area contributed by atoms with E-state index in [1.54, 1.807) is 23.6 Å². The number of nitrogens with zero attached hydrogens (tertiary/aromatic N) is 2. The van der Waals surface area contributed by atoms with Crippen LogP contribution in [0.15, 0.2) is 47.8 Å². The summed E-state index contributed by atoms with van der Waals surface area (Å²) in [5, 5.41) is 8.54. The molecule has 3 rings (SSSR count). The second-order valence-electron chi connectivity index (χ2n) is 7.80. The number of aromatic nitrogens is 1. The molecule has 0 fully saturated rings. The quantitative estimate of drug-likeness (QED) is 0.293. The maximum atomic E-state index is 13.1. The minimum absolute atomic E-state index is 0.0538. The van der Waals surface area contributed by atoms with Crippen molar-refractivity contribution in [3.8, 4) is 0 Å². The standard InChI is InChI=1S/C24H23Cl2F3N4O3S/c1-36-10-9-33(8-7-21(34)30-13-15-3-2-4-16(11-15)24(27,28)29)22(35)20-14-37-23(32-20)31-19-12-17(25)5-6-18(19)26/h2-6,11-12,14H,7-10,13H2,1H3,(H,30,34)(H,31,32). The van der Waals surface area contributed by atoms with Gasteiger partial charge in [0.15, 0.2) is 5.13 Å². The van der Waals surface area contributed by atoms with Gasteiger partial charge in [0.1, 0.15) is 5.69 Å². The van der Waals surface area contributed by atoms with Gasteiger partial charge in [-0.25, -0.2) is 4.98 Å². The van der Waals surface area contributed by atoms with Crippen molar-refractivity contribution in [2.45, 2.75) is 19.1 Å². The SMILES string of the molecule is COCCN(CCC(=O)NCc1cccc(C(F)(F)F)c1)C(=O)c1csc(Nc2cc(Cl)ccc2Cl)n1. The molecule has 198 valence electrons. The van der Waals surface area contributed by atoms with Crippen LogP contribution in [0.3, 0.4) is 0 Å². The Morgan fingerprint density at radius 1 is 1.14 bits per heavy atom. The first-order valence-electron chi connectivity index (χ1n) is 11.0. The van der Waals surface area contributed by atoms with Crippen LogP contribution in [0.4, 0.5) is 24.0 Å². The van der Waals surface area contributed by atoms with E-state index in [4.69, 9.17) is 27.9 Å². The van der Waals surface area contributed by atoms with Crippen LogP contribution in [0.1, 0.15) is 28.0 Å². The highest BCUT2D eigenvalue weighted by Crippen LogP contribution is 2.30. The first-order chi connectivity index (χ1) is 17.6. The van der Waals surface area contributed by atoms with Crippen LogP contribution in [-0.2, 0) is 22.3 Å². The molecule has 2 N–H and O–H groups in total. The van der Waals surface area contributed by atoms with Crippen molar-refractivity contribution < 1.29 is 27.5 Å². The van der Waals surface area contributed by atoms with Gasteiger partial charge >= 0.3 is 6.18 Å². The molecule has 13 heteroatoms. The Bertz CT molecular complexity index is 1240. The van der Waals surface area contributed by atoms with Crippen LogP contribution in [0.2, 0.25) is 10.0 Å². The normalized spacial score (nSPS) is 11.3. The molecule has 0 spiro atoms. The minimum Gasteiger partial charge on any atom is -0.383 e. The molecule has 0 atom stereocenters. The molecule has 2 amide bonds. The van der Waals surface area contributed by atoms with Crippen molar-refractivity contribution in [3.05, 3.63) is 74.7 Å². The summed E-state index contributed by atoms with van der Waals surface area (Å²) in [6, 6.07) is 9.65. The number of carbonyl (C=O) groups is 2. The summed E-state index contributed by atoms with van der Waals surface area (Å²) < 4.78 is 43.7. The molecule has 3 aromatic rings. The van der Waals surface area contributed by atoms with E-state index in [9.17, 15) is 22.8 Å². The third kappa shape index (κ3) is 8.60. The van der Waals surface area contributed by atoms with Crippen LogP contribution >= 0.6 is 34.5 Å². The van der Waals surface area contributed by atoms with Gasteiger partial charge in [-0.3, -0.25) is 9.59 Å². The van der Waals surface area contributed by atoms with Gasteiger partial charge in [0.25, 0.3) is 5.91 Å². The average molecular weight is 575 g/mol. The number of alkyl halides is 3. The fourth-order valence-corrected chi connectivity index (χ4v) is 4.23. The fourth-order valence-electron chi connectivity index (χ4n) is 3.20. The van der Waals surface area contributed by atoms with Crippen molar-refractivity contribution in [2.75, 3.05) is 32.1 Å². The van der Waals surface area contributed by atoms with Gasteiger partial charge < -0.3 is 20.3 Å². The summed E-state index contributed by atoms with van der Waals surface area (Å²) >= 11 is 13.4. The topological polar surface area (TPSA) is 83.6 Å². The van der Waals surface area contributed by atoms with Gasteiger partial charge in [-0.15, -0.1) is 11.3 Å². The van der Waals surface area contributed by atoms with E-state index >= 15 is 0 Å². The zero-order valence-electron chi connectivity index (χ0n) is 19.6. The lowest BCUT2D eigenvalue weighted by atomic mass is 10.1. The molecule has 1 aromatic heterocycles. The van der Waals surface area contributed by atoms with Gasteiger partial charge in [0.05, 0.1) is 22.9 Å². The molecular formula is C24H23Cl2F3N4O3S. The Morgan fingerprint density at radius 3 is 2.65 bits per heavy atom. The summed E-state index contributed by atoms with van der Waals surface area (Å²) in [6.07, 6.45) is -4.52. The van der Waals surface area contributed by atoms with E-state index in [-0.39, 0.29) is 38.4 Å². The molecule has 0 bridgehead atoms. The summed E-state index contributed by atoms with van der Waals surface area (Å²) in [5.41, 5.74) is 0.241. The highest BCUT2D eigenvalue weighted by Gasteiger charge is 2.30. The van der Waals surface area contributed by atoms with Gasteiger partial charge in [0, 0.05) is 43.6 Å². The maximum Gasteiger partial charge on any atom is 0.416 e. The Hall–Kier alpha value is -2.86. The Labute approximate surface area is 225 Å². The third-order valence-electron chi connectivity index (χ3n) is 5.10. The highest BCUT2D eigenvalue weighted by atomic mass is 35.5. The van der Waals surface area contributed by atoms with E-state index in [1.807, 2.05) is 0 Å². The molecule has 0 radical (unpaired) electrons. The molecule has 37 heavy (non-hydrogen) atoms. The number of ether oxygens (including phenoxy) is 1. The summed E-state index contributed by atoms with van der Waals surface area (Å²) in [4.78, 5) is 31.2. The largest absolute Gasteiger partial charge is 0.416 e. The number of carbonyl (C=O) groups excluding carboxylic acids is 2. The molecule has 0 unspecified atom stereocenters. The summed E-state index contributed by atoms with van der Waals surface area (Å²) in [7, 11) is 1.49. The molecule has 0 aliphatic rings. The average Bonchev–Trinajstić information content (AvgIpc) is 3.33. The number of benzene rings is 2. The van der Waals surface area contributed by atoms with E-state index in [0.717, 1.165) is 12.1 Å². The first kappa shape index (κ1) is 28.7. The van der Waals surface area contributed by atoms with Crippen LogP contribution in [-0.4, -0.2) is 48.5 Å². The maximum absolute atomic E-state index is 13.1. The second-order valence-corrected chi connectivity index (χ2v) is 9.50. The van der Waals surface area contributed by atoms with E-state index in [0.29, 0.717) is 26.4 Å². The smallest absolute Gasteiger partial charge is 0.383 e. The summed E-state index contributed by atoms with van der Waals surface area (Å²) in [6.45, 7) is 0.459. The van der Waals surface area contributed by atoms with Crippen molar-refractivity contribution >= 4 is 57.2 Å². The molecule has 7 nitrogen and oxygen atoms in total. The Kier molecular flexibility index (Phi) is 10.2. The monoisotopic (exact) mass is 574 g/mol. The number of thiazole rings is 1. The second kappa shape index (κ2) is 13.1. The van der Waals surface area contributed by atoms with Crippen LogP contribution in [0.5, 0.6) is 0 Å². The van der Waals surface area contributed by atoms with Gasteiger partial charge in [-0.05, 0) is 35.9 Å². The lowest BCUT2D eigenvalue weighted by Gasteiger charge is -2.21. The van der Waals surface area contributed by atoms with Crippen LogP contribution < -0.4 is 10.6 Å². The molecular weight excluding hydrogens is 552 g/mol. The van der Waals surface area contributed by atoms with Gasteiger partial charge in [-0.2, -0.15) is 13.2 Å². The number of hydrogen-bond donors (Lipinski definition) is 2. The van der Waals surface area contributed by atoms with E-state index in [2.05, 4.69) is 15.6 Å². The summed E-state index contributed by atoms with van der Waals surface area (Å²) in [5.74, 6) is -0.812. The number of hydrogen-bond acceptors (Lipinski definition) is 6. The fraction of sp³-hybridized carbons (Fsp3) is 0.292. The van der Waals surface area contributed by atoms with Crippen molar-refractivity contribution in [2.24, 2.45) is 0 Å². The minimum atomic E-state index is -4.46. The number of methoxy groups -OCH3 is 1. The lowest BCUT2D eigenvalue weighted by Crippen LogP contribution is -2.37. The number of nitrogens with one attached hydrogen (secondary N) is 2. The predicted octanol–water partition coefficient (Wildman–Crippen LogP) is 6.01. The van der Waals surface area contributed by atoms with E-state index < -0.39 is 23.6 Å². The Morgan fingerprint density at radius 2 is 1.92 bits per heavy atom. The number of rotatable bonds is 11. The number of anilines is 2. The van der Waals surface area contributed by atoms with Crippen LogP contribution in [0, 0.1) is 0 Å². The lowest BCUT2D eigenvalue weighted by molar-refractivity contribution is -0.137. The van der Waals surface area contributed by atoms with E-state index in [1.165, 1.54) is 35.5 Å². The number of amides is 2. The van der Waals surface area contributed by atoms with Crippen LogP contribution in [0.25, 0.3) is 0 Å². The van der Waals surface area contributed by atoms with Crippen molar-refractivity contribution in [3.63, 3.8) is 0 Å². The molecule has 2 aromatic carbocycles. The third-order valence-corrected chi connectivity index (χ3v) is 6.42. The zero-order valence-corrected chi connectivity index (χ0v) is 21.9. The number of halogens is 5. The molecule has 1 heterocycles. The molecule has 0 aliphatic heterocycles. The Balaban J connectivity index is 1.59. The molecule has 0 aliphatic carbocycles. The van der Waals surface area contributed by atoms with Crippen molar-refractivity contribution in [1.29, 1.82) is 0 Å². The predicted molar refractivity (Wildman–Crippen MR) is 138 cm³/mol. The first-order valence-corrected chi connectivity index (χ1v) is 12.6. The van der Waals surface area contributed by atoms with Gasteiger partial charge in [0.2, 0.25) is 5.91 Å². The molecule has 0 saturated heterocycles. The molecule has 0 saturated carbocycles. The zero-order chi connectivity index (χ0) is 27.0. The van der Waals surface area contributed by atoms with Crippen molar-refractivity contribution in [1.82, 2.24) is 15.2 Å².